The van der Waals surface area contributed by atoms with Gasteiger partial charge in [-0.2, -0.15) is 5.26 Å². The zero-order valence-corrected chi connectivity index (χ0v) is 18.4. The van der Waals surface area contributed by atoms with Gasteiger partial charge >= 0.3 is 12.1 Å². The number of piperazine rings is 1. The highest BCUT2D eigenvalue weighted by Crippen LogP contribution is 2.43. The van der Waals surface area contributed by atoms with Crippen molar-refractivity contribution in [2.75, 3.05) is 11.4 Å². The average molecular weight is 469 g/mol. The largest absolute Gasteiger partial charge is 0.415 e. The van der Waals surface area contributed by atoms with Gasteiger partial charge < -0.3 is 19.6 Å². The number of amides is 4. The number of hydrogen-bond donors (Lipinski definition) is 1. The Morgan fingerprint density at radius 2 is 1.97 bits per heavy atom. The number of urea groups is 1. The van der Waals surface area contributed by atoms with Crippen LogP contribution in [0.15, 0.2) is 54.7 Å². The first-order valence-electron chi connectivity index (χ1n) is 11.1. The SMILES string of the molecule is N#Cc1ccc(N2C(=O)C3C4CC(CN4C(=O)Oc4ccc(CO)cc4)N3C2=O)c2cccnc12. The Bertz CT molecular complexity index is 1430. The summed E-state index contributed by atoms with van der Waals surface area (Å²) in [5, 5.41) is 19.1. The maximum Gasteiger partial charge on any atom is 0.415 e. The Hall–Kier alpha value is -4.49. The molecule has 6 rings (SSSR count). The molecule has 3 aliphatic rings. The molecule has 2 aromatic carbocycles. The maximum atomic E-state index is 13.6. The summed E-state index contributed by atoms with van der Waals surface area (Å²) in [7, 11) is 0. The predicted molar refractivity (Wildman–Crippen MR) is 122 cm³/mol. The van der Waals surface area contributed by atoms with E-state index in [0.29, 0.717) is 39.9 Å². The van der Waals surface area contributed by atoms with Crippen molar-refractivity contribution >= 4 is 34.6 Å². The number of benzene rings is 2. The summed E-state index contributed by atoms with van der Waals surface area (Å²) in [6.45, 7) is 0.163. The van der Waals surface area contributed by atoms with Crippen molar-refractivity contribution in [2.45, 2.75) is 31.2 Å². The molecule has 3 atom stereocenters. The van der Waals surface area contributed by atoms with Crippen molar-refractivity contribution in [1.82, 2.24) is 14.8 Å². The number of ether oxygens (including phenoxy) is 1. The van der Waals surface area contributed by atoms with E-state index in [9.17, 15) is 24.8 Å². The van der Waals surface area contributed by atoms with Crippen LogP contribution in [0.3, 0.4) is 0 Å². The molecule has 35 heavy (non-hydrogen) atoms. The van der Waals surface area contributed by atoms with Gasteiger partial charge in [0.05, 0.1) is 35.5 Å². The quantitative estimate of drug-likeness (QED) is 0.584. The van der Waals surface area contributed by atoms with Crippen molar-refractivity contribution in [3.8, 4) is 11.8 Å². The molecule has 174 valence electrons. The number of likely N-dealkylation sites (tertiary alicyclic amines) is 1. The smallest absolute Gasteiger partial charge is 0.410 e. The highest BCUT2D eigenvalue weighted by Gasteiger charge is 2.63. The molecule has 3 aliphatic heterocycles. The lowest BCUT2D eigenvalue weighted by atomic mass is 10.1. The number of carbonyl (C=O) groups excluding carboxylic acids is 3. The number of rotatable bonds is 3. The number of carbonyl (C=O) groups is 3. The number of imide groups is 1. The zero-order valence-electron chi connectivity index (χ0n) is 18.4. The first kappa shape index (κ1) is 21.1. The van der Waals surface area contributed by atoms with Crippen molar-refractivity contribution < 1.29 is 24.2 Å². The van der Waals surface area contributed by atoms with Crippen molar-refractivity contribution in [3.05, 3.63) is 65.9 Å². The summed E-state index contributed by atoms with van der Waals surface area (Å²) >= 11 is 0. The number of anilines is 1. The topological polar surface area (TPSA) is 127 Å². The summed E-state index contributed by atoms with van der Waals surface area (Å²) in [4.78, 5) is 48.4. The molecule has 0 aliphatic carbocycles. The molecular weight excluding hydrogens is 450 g/mol. The number of hydrogen-bond acceptors (Lipinski definition) is 7. The van der Waals surface area contributed by atoms with Crippen LogP contribution in [0, 0.1) is 11.3 Å². The fourth-order valence-electron chi connectivity index (χ4n) is 5.35. The lowest BCUT2D eigenvalue weighted by molar-refractivity contribution is -0.121. The average Bonchev–Trinajstić information content (AvgIpc) is 3.55. The lowest BCUT2D eigenvalue weighted by Gasteiger charge is -2.34. The van der Waals surface area contributed by atoms with E-state index < -0.39 is 30.1 Å². The molecule has 4 amide bonds. The number of pyridine rings is 1. The molecule has 1 aromatic heterocycles. The minimum absolute atomic E-state index is 0.112. The molecule has 0 spiro atoms. The number of aliphatic hydroxyl groups is 1. The van der Waals surface area contributed by atoms with Crippen LogP contribution in [0.25, 0.3) is 10.9 Å². The van der Waals surface area contributed by atoms with Gasteiger partial charge in [0.1, 0.15) is 17.9 Å². The Morgan fingerprint density at radius 3 is 2.71 bits per heavy atom. The molecule has 0 radical (unpaired) electrons. The summed E-state index contributed by atoms with van der Waals surface area (Å²) in [5.41, 5.74) is 1.83. The third-order valence-corrected chi connectivity index (χ3v) is 6.92. The predicted octanol–water partition coefficient (Wildman–Crippen LogP) is 2.39. The van der Waals surface area contributed by atoms with Gasteiger partial charge in [-0.1, -0.05) is 12.1 Å². The van der Waals surface area contributed by atoms with Crippen LogP contribution in [0.2, 0.25) is 0 Å². The van der Waals surface area contributed by atoms with Gasteiger partial charge in [0.15, 0.2) is 0 Å². The van der Waals surface area contributed by atoms with E-state index in [-0.39, 0.29) is 19.2 Å². The Balaban J connectivity index is 1.28. The monoisotopic (exact) mass is 469 g/mol. The van der Waals surface area contributed by atoms with Crippen molar-refractivity contribution in [1.29, 1.82) is 5.26 Å². The van der Waals surface area contributed by atoms with E-state index in [1.54, 1.807) is 59.6 Å². The summed E-state index contributed by atoms with van der Waals surface area (Å²) in [6.07, 6.45) is 1.48. The van der Waals surface area contributed by atoms with E-state index in [4.69, 9.17) is 4.74 Å². The number of aliphatic hydroxyl groups excluding tert-OH is 1. The Labute approximate surface area is 199 Å². The summed E-state index contributed by atoms with van der Waals surface area (Å²) < 4.78 is 5.49. The summed E-state index contributed by atoms with van der Waals surface area (Å²) in [6, 6.07) is 13.1. The third kappa shape index (κ3) is 3.05. The van der Waals surface area contributed by atoms with Gasteiger partial charge in [0, 0.05) is 18.1 Å². The van der Waals surface area contributed by atoms with E-state index in [1.165, 1.54) is 4.90 Å². The fraction of sp³-hybridized carbons (Fsp3) is 0.240. The maximum absolute atomic E-state index is 13.6. The molecule has 2 bridgehead atoms. The van der Waals surface area contributed by atoms with Gasteiger partial charge in [-0.3, -0.25) is 9.78 Å². The van der Waals surface area contributed by atoms with Gasteiger partial charge in [-0.05, 0) is 48.4 Å². The molecule has 3 aromatic rings. The van der Waals surface area contributed by atoms with Crippen molar-refractivity contribution in [3.63, 3.8) is 0 Å². The van der Waals surface area contributed by atoms with Gasteiger partial charge in [0.2, 0.25) is 0 Å². The van der Waals surface area contributed by atoms with Crippen LogP contribution in [0.1, 0.15) is 17.5 Å². The number of nitrogens with zero attached hydrogens (tertiary/aromatic N) is 5. The zero-order chi connectivity index (χ0) is 24.3. The van der Waals surface area contributed by atoms with Crippen LogP contribution in [0.5, 0.6) is 5.75 Å². The Morgan fingerprint density at radius 1 is 1.17 bits per heavy atom. The van der Waals surface area contributed by atoms with Crippen LogP contribution >= 0.6 is 0 Å². The van der Waals surface area contributed by atoms with E-state index in [2.05, 4.69) is 11.1 Å². The van der Waals surface area contributed by atoms with Crippen LogP contribution in [-0.2, 0) is 11.4 Å². The number of fused-ring (bicyclic) bond motifs is 6. The molecule has 10 nitrogen and oxygen atoms in total. The molecule has 3 unspecified atom stereocenters. The third-order valence-electron chi connectivity index (χ3n) is 6.92. The van der Waals surface area contributed by atoms with Crippen LogP contribution in [-0.4, -0.2) is 62.6 Å². The number of nitriles is 1. The van der Waals surface area contributed by atoms with E-state index in [0.717, 1.165) is 4.90 Å². The van der Waals surface area contributed by atoms with Crippen LogP contribution < -0.4 is 9.64 Å². The summed E-state index contributed by atoms with van der Waals surface area (Å²) in [5.74, 6) is -0.0824. The van der Waals surface area contributed by atoms with Gasteiger partial charge in [0.25, 0.3) is 5.91 Å². The fourth-order valence-corrected chi connectivity index (χ4v) is 5.35. The molecule has 0 saturated carbocycles. The molecule has 1 N–H and O–H groups in total. The first-order chi connectivity index (χ1) is 17.0. The molecule has 10 heteroatoms. The second-order valence-corrected chi connectivity index (χ2v) is 8.73. The van der Waals surface area contributed by atoms with Crippen molar-refractivity contribution in [2.24, 2.45) is 0 Å². The second kappa shape index (κ2) is 7.78. The Kier molecular flexibility index (Phi) is 4.69. The van der Waals surface area contributed by atoms with Crippen LogP contribution in [0.4, 0.5) is 15.3 Å². The van der Waals surface area contributed by atoms with E-state index >= 15 is 0 Å². The first-order valence-corrected chi connectivity index (χ1v) is 11.1. The highest BCUT2D eigenvalue weighted by molar-refractivity contribution is 6.25. The standard InChI is InChI=1S/C25H19N5O5/c26-11-15-5-8-19(18-2-1-9-27-21(15)18)30-23(32)22-20-10-16(29(22)24(30)33)12-28(20)25(34)35-17-6-3-14(13-31)4-7-17/h1-9,16,20,22,31H,10,12-13H2. The van der Waals surface area contributed by atoms with Gasteiger partial charge in [-0.15, -0.1) is 0 Å². The van der Waals surface area contributed by atoms with Gasteiger partial charge in [-0.25, -0.2) is 14.5 Å². The highest BCUT2D eigenvalue weighted by atomic mass is 16.6. The molecular formula is C25H19N5O5. The molecule has 3 saturated heterocycles. The van der Waals surface area contributed by atoms with E-state index in [1.807, 2.05) is 0 Å². The lowest BCUT2D eigenvalue weighted by Crippen LogP contribution is -2.55. The number of aromatic nitrogens is 1. The normalized spacial score (nSPS) is 22.6. The second-order valence-electron chi connectivity index (χ2n) is 8.73. The minimum Gasteiger partial charge on any atom is -0.410 e. The molecule has 3 fully saturated rings. The minimum atomic E-state index is -0.798. The molecule has 4 heterocycles.